The lowest BCUT2D eigenvalue weighted by atomic mass is 9.99. The molecule has 1 saturated carbocycles. The van der Waals surface area contributed by atoms with Crippen molar-refractivity contribution in [3.63, 3.8) is 0 Å². The van der Waals surface area contributed by atoms with E-state index in [4.69, 9.17) is 0 Å². The average molecular weight is 568 g/mol. The Morgan fingerprint density at radius 1 is 1.00 bits per heavy atom. The lowest BCUT2D eigenvalue weighted by molar-refractivity contribution is -0.134. The van der Waals surface area contributed by atoms with Gasteiger partial charge in [0.2, 0.25) is 5.91 Å². The molecule has 1 amide bonds. The number of nitrogens with one attached hydrogen (secondary N) is 2. The number of halogens is 1. The number of carbonyl (C=O) groups is 1. The van der Waals surface area contributed by atoms with Crippen molar-refractivity contribution >= 4 is 35.8 Å². The molecule has 7 heteroatoms. The van der Waals surface area contributed by atoms with Gasteiger partial charge in [-0.25, -0.2) is 0 Å². The summed E-state index contributed by atoms with van der Waals surface area (Å²) in [5, 5.41) is 6.96. The van der Waals surface area contributed by atoms with Gasteiger partial charge in [-0.05, 0) is 55.7 Å². The Kier molecular flexibility index (Phi) is 10.3. The van der Waals surface area contributed by atoms with E-state index in [1.165, 1.54) is 49.9 Å². The molecule has 33 heavy (non-hydrogen) atoms. The second-order valence-electron chi connectivity index (χ2n) is 10.1. The molecule has 2 saturated heterocycles. The van der Waals surface area contributed by atoms with Gasteiger partial charge in [0.15, 0.2) is 5.96 Å². The summed E-state index contributed by atoms with van der Waals surface area (Å²) in [6.07, 6.45) is 8.25. The molecular formula is C26H42IN5O. The number of rotatable bonds is 6. The highest BCUT2D eigenvalue weighted by Gasteiger charge is 2.32. The van der Waals surface area contributed by atoms with Crippen LogP contribution in [0.4, 0.5) is 0 Å². The molecule has 0 spiro atoms. The molecule has 0 bridgehead atoms. The number of amides is 1. The molecular weight excluding hydrogens is 525 g/mol. The number of nitrogens with zero attached hydrogens (tertiary/aromatic N) is 3. The van der Waals surface area contributed by atoms with Crippen molar-refractivity contribution in [2.24, 2.45) is 16.8 Å². The van der Waals surface area contributed by atoms with Crippen molar-refractivity contribution < 1.29 is 4.79 Å². The van der Waals surface area contributed by atoms with Crippen molar-refractivity contribution in [1.82, 2.24) is 20.4 Å². The minimum absolute atomic E-state index is 0. The number of hydrogen-bond acceptors (Lipinski definition) is 3. The SMILES string of the molecule is CN=C(NCc1ccc(CN2CCCC(C)C2)cc1)NC1CCN(C(=O)C2CCCC2)C1.I. The molecule has 3 fully saturated rings. The Morgan fingerprint density at radius 2 is 1.73 bits per heavy atom. The summed E-state index contributed by atoms with van der Waals surface area (Å²) in [5.74, 6) is 2.28. The van der Waals surface area contributed by atoms with Crippen LogP contribution in [0.3, 0.4) is 0 Å². The first-order valence-electron chi connectivity index (χ1n) is 12.7. The summed E-state index contributed by atoms with van der Waals surface area (Å²) < 4.78 is 0. The van der Waals surface area contributed by atoms with Crippen molar-refractivity contribution in [2.75, 3.05) is 33.2 Å². The Labute approximate surface area is 217 Å². The smallest absolute Gasteiger partial charge is 0.225 e. The van der Waals surface area contributed by atoms with Crippen molar-refractivity contribution in [3.05, 3.63) is 35.4 Å². The third kappa shape index (κ3) is 7.57. The van der Waals surface area contributed by atoms with Gasteiger partial charge >= 0.3 is 0 Å². The van der Waals surface area contributed by atoms with Gasteiger partial charge in [-0.3, -0.25) is 14.7 Å². The molecule has 1 aromatic rings. The Balaban J connectivity index is 0.00000306. The minimum Gasteiger partial charge on any atom is -0.352 e. The van der Waals surface area contributed by atoms with Crippen molar-refractivity contribution in [2.45, 2.75) is 71.0 Å². The Hall–Kier alpha value is -1.35. The second kappa shape index (κ2) is 12.9. The Bertz CT molecular complexity index is 777. The first kappa shape index (κ1) is 26.3. The number of likely N-dealkylation sites (tertiary alicyclic amines) is 2. The van der Waals surface area contributed by atoms with Gasteiger partial charge in [-0.2, -0.15) is 0 Å². The molecule has 2 unspecified atom stereocenters. The zero-order valence-electron chi connectivity index (χ0n) is 20.4. The van der Waals surface area contributed by atoms with Crippen LogP contribution in [-0.4, -0.2) is 60.9 Å². The molecule has 4 rings (SSSR count). The normalized spacial score (nSPS) is 24.5. The molecule has 1 aromatic carbocycles. The van der Waals surface area contributed by atoms with Gasteiger partial charge in [0.1, 0.15) is 0 Å². The van der Waals surface area contributed by atoms with E-state index < -0.39 is 0 Å². The van der Waals surface area contributed by atoms with Crippen LogP contribution in [0.5, 0.6) is 0 Å². The van der Waals surface area contributed by atoms with E-state index in [9.17, 15) is 4.79 Å². The summed E-state index contributed by atoms with van der Waals surface area (Å²) in [5.41, 5.74) is 2.65. The maximum atomic E-state index is 12.7. The van der Waals surface area contributed by atoms with E-state index in [2.05, 4.69) is 56.6 Å². The van der Waals surface area contributed by atoms with Crippen LogP contribution in [0.2, 0.25) is 0 Å². The molecule has 1 aliphatic carbocycles. The molecule has 2 N–H and O–H groups in total. The molecule has 184 valence electrons. The first-order valence-corrected chi connectivity index (χ1v) is 12.7. The van der Waals surface area contributed by atoms with E-state index in [1.54, 1.807) is 0 Å². The molecule has 3 aliphatic rings. The predicted molar refractivity (Wildman–Crippen MR) is 146 cm³/mol. The van der Waals surface area contributed by atoms with Gasteiger partial charge in [-0.1, -0.05) is 44.0 Å². The van der Waals surface area contributed by atoms with Crippen LogP contribution in [0, 0.1) is 11.8 Å². The molecule has 0 aromatic heterocycles. The van der Waals surface area contributed by atoms with Gasteiger partial charge < -0.3 is 15.5 Å². The summed E-state index contributed by atoms with van der Waals surface area (Å²) in [6.45, 7) is 8.26. The zero-order chi connectivity index (χ0) is 22.3. The first-order chi connectivity index (χ1) is 15.6. The summed E-state index contributed by atoms with van der Waals surface area (Å²) >= 11 is 0. The monoisotopic (exact) mass is 567 g/mol. The third-order valence-electron chi connectivity index (χ3n) is 7.40. The third-order valence-corrected chi connectivity index (χ3v) is 7.40. The number of carbonyl (C=O) groups excluding carboxylic acids is 1. The number of aliphatic imine (C=N–C) groups is 1. The summed E-state index contributed by atoms with van der Waals surface area (Å²) in [6, 6.07) is 9.24. The van der Waals surface area contributed by atoms with E-state index >= 15 is 0 Å². The quantitative estimate of drug-likeness (QED) is 0.310. The van der Waals surface area contributed by atoms with Crippen LogP contribution in [0.1, 0.15) is 63.0 Å². The maximum Gasteiger partial charge on any atom is 0.225 e. The van der Waals surface area contributed by atoms with Gasteiger partial charge in [0.25, 0.3) is 0 Å². The highest BCUT2D eigenvalue weighted by molar-refractivity contribution is 14.0. The van der Waals surface area contributed by atoms with Gasteiger partial charge in [0, 0.05) is 51.7 Å². The predicted octanol–water partition coefficient (Wildman–Crippen LogP) is 3.99. The van der Waals surface area contributed by atoms with Crippen LogP contribution < -0.4 is 10.6 Å². The van der Waals surface area contributed by atoms with Crippen molar-refractivity contribution in [1.29, 1.82) is 0 Å². The van der Waals surface area contributed by atoms with E-state index in [-0.39, 0.29) is 35.9 Å². The topological polar surface area (TPSA) is 60.0 Å². The largest absolute Gasteiger partial charge is 0.352 e. The number of hydrogen-bond donors (Lipinski definition) is 2. The minimum atomic E-state index is 0. The standard InChI is InChI=1S/C26H41N5O.HI/c1-20-6-5-14-30(17-20)18-22-11-9-21(10-12-22)16-28-26(27-2)29-24-13-15-31(19-24)25(32)23-7-3-4-8-23;/h9-12,20,23-24H,3-8,13-19H2,1-2H3,(H2,27,28,29);1H. The number of benzene rings is 1. The summed E-state index contributed by atoms with van der Waals surface area (Å²) in [7, 11) is 1.81. The molecule has 2 heterocycles. The van der Waals surface area contributed by atoms with Crippen LogP contribution in [0.15, 0.2) is 29.3 Å². The van der Waals surface area contributed by atoms with E-state index in [0.717, 1.165) is 57.3 Å². The van der Waals surface area contributed by atoms with E-state index in [0.29, 0.717) is 5.91 Å². The fourth-order valence-electron chi connectivity index (χ4n) is 5.53. The van der Waals surface area contributed by atoms with Gasteiger partial charge in [-0.15, -0.1) is 24.0 Å². The number of guanidine groups is 1. The molecule has 6 nitrogen and oxygen atoms in total. The Morgan fingerprint density at radius 3 is 2.42 bits per heavy atom. The van der Waals surface area contributed by atoms with Crippen LogP contribution >= 0.6 is 24.0 Å². The molecule has 2 aliphatic heterocycles. The average Bonchev–Trinajstić information content (AvgIpc) is 3.50. The maximum absolute atomic E-state index is 12.7. The number of piperidine rings is 1. The lowest BCUT2D eigenvalue weighted by Crippen LogP contribution is -2.45. The molecule has 2 atom stereocenters. The highest BCUT2D eigenvalue weighted by atomic mass is 127. The fraction of sp³-hybridized carbons (Fsp3) is 0.692. The lowest BCUT2D eigenvalue weighted by Gasteiger charge is -2.30. The summed E-state index contributed by atoms with van der Waals surface area (Å²) in [4.78, 5) is 21.7. The van der Waals surface area contributed by atoms with E-state index in [1.807, 2.05) is 7.05 Å². The zero-order valence-corrected chi connectivity index (χ0v) is 22.7. The van der Waals surface area contributed by atoms with Crippen LogP contribution in [0.25, 0.3) is 0 Å². The highest BCUT2D eigenvalue weighted by Crippen LogP contribution is 2.27. The second-order valence-corrected chi connectivity index (χ2v) is 10.1. The molecule has 0 radical (unpaired) electrons. The fourth-order valence-corrected chi connectivity index (χ4v) is 5.53. The van der Waals surface area contributed by atoms with Gasteiger partial charge in [0.05, 0.1) is 0 Å². The van der Waals surface area contributed by atoms with Crippen molar-refractivity contribution in [3.8, 4) is 0 Å². The van der Waals surface area contributed by atoms with Crippen LogP contribution in [-0.2, 0) is 17.9 Å².